The minimum Gasteiger partial charge on any atom is -0.462 e. The molecule has 0 bridgehead atoms. The number of hydrogen-bond donors (Lipinski definition) is 3. The highest BCUT2D eigenvalue weighted by molar-refractivity contribution is 9.10. The fourth-order valence-corrected chi connectivity index (χ4v) is 6.42. The number of nitrogens with one attached hydrogen (secondary N) is 3. The summed E-state index contributed by atoms with van der Waals surface area (Å²) in [4.78, 5) is 40.5. The number of piperidine rings is 1. The van der Waals surface area contributed by atoms with Crippen LogP contribution in [0.4, 0.5) is 9.80 Å². The van der Waals surface area contributed by atoms with Crippen molar-refractivity contribution < 1.29 is 19.1 Å². The van der Waals surface area contributed by atoms with Crippen molar-refractivity contribution in [3.63, 3.8) is 0 Å². The third kappa shape index (κ3) is 5.70. The van der Waals surface area contributed by atoms with Gasteiger partial charge in [-0.15, -0.1) is 11.3 Å². The SMILES string of the molecule is CCOC(=O)c1c(NC(=O)NC(C(=O)c2cccc(Br)c2)C2CCNCC2)sc2c1CCCC2. The summed E-state index contributed by atoms with van der Waals surface area (Å²) in [6.45, 7) is 3.66. The maximum atomic E-state index is 13.4. The maximum absolute atomic E-state index is 13.4. The fourth-order valence-electron chi connectivity index (χ4n) is 4.75. The number of fused-ring (bicyclic) bond motifs is 1. The molecular formula is C25H30BrN3O4S. The van der Waals surface area contributed by atoms with Crippen molar-refractivity contribution in [2.75, 3.05) is 25.0 Å². The van der Waals surface area contributed by atoms with E-state index in [4.69, 9.17) is 4.74 Å². The van der Waals surface area contributed by atoms with Crippen LogP contribution in [0.5, 0.6) is 0 Å². The van der Waals surface area contributed by atoms with E-state index in [0.717, 1.165) is 66.5 Å². The molecular weight excluding hydrogens is 518 g/mol. The first kappa shape index (κ1) is 24.9. The van der Waals surface area contributed by atoms with Gasteiger partial charge in [0.05, 0.1) is 18.2 Å². The molecule has 2 aliphatic rings. The number of urea groups is 1. The summed E-state index contributed by atoms with van der Waals surface area (Å²) in [5.41, 5.74) is 2.01. The molecule has 1 saturated heterocycles. The molecule has 1 aliphatic heterocycles. The Morgan fingerprint density at radius 2 is 1.97 bits per heavy atom. The molecule has 9 heteroatoms. The molecule has 2 heterocycles. The van der Waals surface area contributed by atoms with E-state index >= 15 is 0 Å². The number of aryl methyl sites for hydroxylation is 1. The summed E-state index contributed by atoms with van der Waals surface area (Å²) in [5, 5.41) is 9.64. The number of Topliss-reactive ketones (excluding diaryl/α,β-unsaturated/α-hetero) is 1. The van der Waals surface area contributed by atoms with Gasteiger partial charge in [0.25, 0.3) is 0 Å². The second-order valence-electron chi connectivity index (χ2n) is 8.67. The van der Waals surface area contributed by atoms with E-state index in [9.17, 15) is 14.4 Å². The molecule has 2 aromatic rings. The Labute approximate surface area is 212 Å². The highest BCUT2D eigenvalue weighted by Crippen LogP contribution is 2.38. The quantitative estimate of drug-likeness (QED) is 0.337. The average Bonchev–Trinajstić information content (AvgIpc) is 3.20. The molecule has 2 amide bonds. The van der Waals surface area contributed by atoms with Gasteiger partial charge in [-0.05, 0) is 82.2 Å². The monoisotopic (exact) mass is 547 g/mol. The Kier molecular flexibility index (Phi) is 8.39. The third-order valence-electron chi connectivity index (χ3n) is 6.41. The van der Waals surface area contributed by atoms with E-state index in [1.807, 2.05) is 12.1 Å². The lowest BCUT2D eigenvalue weighted by Crippen LogP contribution is -2.50. The van der Waals surface area contributed by atoms with Gasteiger partial charge in [-0.1, -0.05) is 28.1 Å². The molecule has 1 unspecified atom stereocenters. The number of carbonyl (C=O) groups is 3. The summed E-state index contributed by atoms with van der Waals surface area (Å²) in [6.07, 6.45) is 5.39. The van der Waals surface area contributed by atoms with Crippen molar-refractivity contribution >= 4 is 50.1 Å². The van der Waals surface area contributed by atoms with Crippen molar-refractivity contribution in [2.24, 2.45) is 5.92 Å². The van der Waals surface area contributed by atoms with Crippen LogP contribution in [0.25, 0.3) is 0 Å². The fraction of sp³-hybridized carbons (Fsp3) is 0.480. The van der Waals surface area contributed by atoms with Crippen molar-refractivity contribution in [1.82, 2.24) is 10.6 Å². The van der Waals surface area contributed by atoms with Crippen LogP contribution in [0, 0.1) is 5.92 Å². The van der Waals surface area contributed by atoms with Gasteiger partial charge in [-0.3, -0.25) is 10.1 Å². The zero-order valence-electron chi connectivity index (χ0n) is 19.2. The Bertz CT molecular complexity index is 1060. The number of amides is 2. The Balaban J connectivity index is 1.57. The standard InChI is InChI=1S/C25H30BrN3O4S/c1-2-33-24(31)20-18-8-3-4-9-19(18)34-23(20)29-25(32)28-21(15-10-12-27-13-11-15)22(30)16-6-5-7-17(26)14-16/h5-7,14-15,21,27H,2-4,8-13H2,1H3,(H2,28,29,32). The predicted octanol–water partition coefficient (Wildman–Crippen LogP) is 4.94. The number of ketones is 1. The Hall–Kier alpha value is -2.23. The summed E-state index contributed by atoms with van der Waals surface area (Å²) < 4.78 is 6.10. The minimum absolute atomic E-state index is 0.0274. The van der Waals surface area contributed by atoms with Gasteiger partial charge in [0.1, 0.15) is 5.00 Å². The van der Waals surface area contributed by atoms with Crippen LogP contribution in [0.1, 0.15) is 63.8 Å². The largest absolute Gasteiger partial charge is 0.462 e. The zero-order chi connectivity index (χ0) is 24.1. The number of anilines is 1. The van der Waals surface area contributed by atoms with Crippen molar-refractivity contribution in [3.8, 4) is 0 Å². The molecule has 182 valence electrons. The van der Waals surface area contributed by atoms with Crippen LogP contribution >= 0.6 is 27.3 Å². The van der Waals surface area contributed by atoms with Gasteiger partial charge in [-0.2, -0.15) is 0 Å². The van der Waals surface area contributed by atoms with E-state index in [0.29, 0.717) is 16.1 Å². The van der Waals surface area contributed by atoms with Gasteiger partial charge < -0.3 is 15.4 Å². The maximum Gasteiger partial charge on any atom is 0.341 e. The summed E-state index contributed by atoms with van der Waals surface area (Å²) in [5.74, 6) is -0.490. The molecule has 7 nitrogen and oxygen atoms in total. The van der Waals surface area contributed by atoms with Crippen molar-refractivity contribution in [3.05, 3.63) is 50.3 Å². The second kappa shape index (κ2) is 11.5. The first-order valence-corrected chi connectivity index (χ1v) is 13.5. The highest BCUT2D eigenvalue weighted by atomic mass is 79.9. The summed E-state index contributed by atoms with van der Waals surface area (Å²) >= 11 is 4.87. The first-order chi connectivity index (χ1) is 16.5. The third-order valence-corrected chi connectivity index (χ3v) is 8.11. The number of benzene rings is 1. The number of halogens is 1. The number of rotatable bonds is 7. The van der Waals surface area contributed by atoms with Crippen molar-refractivity contribution in [1.29, 1.82) is 0 Å². The normalized spacial score (nSPS) is 16.9. The molecule has 34 heavy (non-hydrogen) atoms. The summed E-state index contributed by atoms with van der Waals surface area (Å²) in [6, 6.07) is 6.10. The van der Waals surface area contributed by atoms with E-state index in [2.05, 4.69) is 31.9 Å². The predicted molar refractivity (Wildman–Crippen MR) is 137 cm³/mol. The number of ether oxygens (including phenoxy) is 1. The van der Waals surface area contributed by atoms with E-state index in [1.54, 1.807) is 19.1 Å². The number of hydrogen-bond acceptors (Lipinski definition) is 6. The van der Waals surface area contributed by atoms with Crippen LogP contribution < -0.4 is 16.0 Å². The van der Waals surface area contributed by atoms with Gasteiger partial charge >= 0.3 is 12.0 Å². The van der Waals surface area contributed by atoms with Crippen molar-refractivity contribution in [2.45, 2.75) is 51.5 Å². The first-order valence-electron chi connectivity index (χ1n) is 11.9. The van der Waals surface area contributed by atoms with Gasteiger partial charge in [0.2, 0.25) is 0 Å². The van der Waals surface area contributed by atoms with E-state index in [-0.39, 0.29) is 18.3 Å². The van der Waals surface area contributed by atoms with Crippen LogP contribution in [-0.2, 0) is 17.6 Å². The number of carbonyl (C=O) groups excluding carboxylic acids is 3. The lowest BCUT2D eigenvalue weighted by atomic mass is 9.85. The Morgan fingerprint density at radius 1 is 1.21 bits per heavy atom. The van der Waals surface area contributed by atoms with E-state index in [1.165, 1.54) is 11.3 Å². The van der Waals surface area contributed by atoms with Gasteiger partial charge in [-0.25, -0.2) is 9.59 Å². The summed E-state index contributed by atoms with van der Waals surface area (Å²) in [7, 11) is 0. The molecule has 1 aliphatic carbocycles. The molecule has 1 atom stereocenters. The van der Waals surface area contributed by atoms with Crippen LogP contribution in [0.3, 0.4) is 0 Å². The van der Waals surface area contributed by atoms with Gasteiger partial charge in [0.15, 0.2) is 5.78 Å². The van der Waals surface area contributed by atoms with Crippen LogP contribution in [0.15, 0.2) is 28.7 Å². The van der Waals surface area contributed by atoms with Crippen LogP contribution in [0.2, 0.25) is 0 Å². The number of esters is 1. The van der Waals surface area contributed by atoms with Crippen LogP contribution in [-0.4, -0.2) is 43.5 Å². The van der Waals surface area contributed by atoms with E-state index < -0.39 is 18.0 Å². The van der Waals surface area contributed by atoms with Gasteiger partial charge in [0, 0.05) is 14.9 Å². The average molecular weight is 549 g/mol. The molecule has 1 fully saturated rings. The minimum atomic E-state index is -0.656. The zero-order valence-corrected chi connectivity index (χ0v) is 21.6. The smallest absolute Gasteiger partial charge is 0.341 e. The highest BCUT2D eigenvalue weighted by Gasteiger charge is 2.33. The lowest BCUT2D eigenvalue weighted by Gasteiger charge is -2.30. The second-order valence-corrected chi connectivity index (χ2v) is 10.7. The molecule has 0 spiro atoms. The Morgan fingerprint density at radius 3 is 2.71 bits per heavy atom. The molecule has 0 radical (unpaired) electrons. The molecule has 3 N–H and O–H groups in total. The molecule has 1 aromatic heterocycles. The molecule has 0 saturated carbocycles. The molecule has 4 rings (SSSR count). The lowest BCUT2D eigenvalue weighted by molar-refractivity contribution is 0.0526. The molecule has 1 aromatic carbocycles. The topological polar surface area (TPSA) is 96.5 Å². The number of thiophene rings is 1.